The minimum Gasteiger partial charge on any atom is -0.343 e. The molecule has 0 atom stereocenters. The van der Waals surface area contributed by atoms with E-state index in [4.69, 9.17) is 0 Å². The van der Waals surface area contributed by atoms with Gasteiger partial charge in [0.1, 0.15) is 0 Å². The van der Waals surface area contributed by atoms with Gasteiger partial charge in [-0.2, -0.15) is 0 Å². The van der Waals surface area contributed by atoms with Crippen molar-refractivity contribution in [1.82, 2.24) is 4.90 Å². The Morgan fingerprint density at radius 3 is 1.95 bits per heavy atom. The highest BCUT2D eigenvalue weighted by Gasteiger charge is 2.49. The van der Waals surface area contributed by atoms with Crippen LogP contribution in [0.25, 0.3) is 0 Å². The van der Waals surface area contributed by atoms with Gasteiger partial charge in [0.2, 0.25) is 5.91 Å². The quantitative estimate of drug-likeness (QED) is 0.692. The van der Waals surface area contributed by atoms with Crippen molar-refractivity contribution in [2.75, 3.05) is 13.1 Å². The maximum atomic E-state index is 12.3. The Hall–Kier alpha value is -0.530. The molecule has 2 aliphatic rings. The lowest BCUT2D eigenvalue weighted by atomic mass is 9.52. The van der Waals surface area contributed by atoms with Crippen LogP contribution in [0.3, 0.4) is 0 Å². The summed E-state index contributed by atoms with van der Waals surface area (Å²) >= 11 is 0. The van der Waals surface area contributed by atoms with Gasteiger partial charge in [-0.1, -0.05) is 41.5 Å². The van der Waals surface area contributed by atoms with Gasteiger partial charge in [-0.15, -0.1) is 0 Å². The Morgan fingerprint density at radius 1 is 1.05 bits per heavy atom. The Balaban J connectivity index is 1.81. The maximum absolute atomic E-state index is 12.3. The number of carbonyl (C=O) groups is 1. The molecule has 1 saturated heterocycles. The van der Waals surface area contributed by atoms with Crippen LogP contribution in [0.2, 0.25) is 0 Å². The Morgan fingerprint density at radius 2 is 1.55 bits per heavy atom. The zero-order valence-electron chi connectivity index (χ0n) is 14.4. The topological polar surface area (TPSA) is 20.3 Å². The minimum absolute atomic E-state index is 0.111. The molecule has 1 saturated carbocycles. The van der Waals surface area contributed by atoms with E-state index in [-0.39, 0.29) is 5.41 Å². The van der Waals surface area contributed by atoms with Crippen molar-refractivity contribution in [1.29, 1.82) is 0 Å². The summed E-state index contributed by atoms with van der Waals surface area (Å²) in [4.78, 5) is 14.4. The van der Waals surface area contributed by atoms with Crippen LogP contribution in [0, 0.1) is 22.2 Å². The normalized spacial score (nSPS) is 23.8. The SMILES string of the molecule is CC(C)(C)CC(=O)N1CCC2(CC1)CC(C(C)(C)C)C2. The predicted molar refractivity (Wildman–Crippen MR) is 84.5 cm³/mol. The van der Waals surface area contributed by atoms with Crippen LogP contribution in [0.1, 0.15) is 73.6 Å². The third-order valence-corrected chi connectivity index (χ3v) is 5.44. The first kappa shape index (κ1) is 15.9. The lowest BCUT2D eigenvalue weighted by Gasteiger charge is -2.56. The highest BCUT2D eigenvalue weighted by Crippen LogP contribution is 2.57. The van der Waals surface area contributed by atoms with Gasteiger partial charge in [-0.3, -0.25) is 4.79 Å². The average molecular weight is 279 g/mol. The van der Waals surface area contributed by atoms with Gasteiger partial charge in [0.15, 0.2) is 0 Å². The van der Waals surface area contributed by atoms with Gasteiger partial charge in [0.05, 0.1) is 0 Å². The molecular formula is C18H33NO. The number of rotatable bonds is 1. The molecular weight excluding hydrogens is 246 g/mol. The number of hydrogen-bond donors (Lipinski definition) is 0. The van der Waals surface area contributed by atoms with Crippen LogP contribution >= 0.6 is 0 Å². The standard InChI is InChI=1S/C18H33NO/c1-16(2,3)13-15(20)19-9-7-18(8-10-19)11-14(12-18)17(4,5)6/h14H,7-13H2,1-6H3. The van der Waals surface area contributed by atoms with Crippen LogP contribution in [-0.2, 0) is 4.79 Å². The average Bonchev–Trinajstić information content (AvgIpc) is 2.22. The van der Waals surface area contributed by atoms with Gasteiger partial charge in [-0.05, 0) is 47.8 Å². The molecule has 2 rings (SSSR count). The summed E-state index contributed by atoms with van der Waals surface area (Å²) in [5, 5.41) is 0. The van der Waals surface area contributed by atoms with Crippen molar-refractivity contribution in [3.63, 3.8) is 0 Å². The van der Waals surface area contributed by atoms with Crippen LogP contribution in [-0.4, -0.2) is 23.9 Å². The van der Waals surface area contributed by atoms with Crippen molar-refractivity contribution < 1.29 is 4.79 Å². The van der Waals surface area contributed by atoms with Crippen molar-refractivity contribution >= 4 is 5.91 Å². The lowest BCUT2D eigenvalue weighted by Crippen LogP contribution is -2.51. The smallest absolute Gasteiger partial charge is 0.223 e. The molecule has 1 heterocycles. The Labute approximate surface area is 125 Å². The Bertz CT molecular complexity index is 356. The summed E-state index contributed by atoms with van der Waals surface area (Å²) in [5.74, 6) is 1.25. The van der Waals surface area contributed by atoms with Gasteiger partial charge in [0.25, 0.3) is 0 Å². The summed E-state index contributed by atoms with van der Waals surface area (Å²) in [7, 11) is 0. The lowest BCUT2D eigenvalue weighted by molar-refractivity contribution is -0.138. The fraction of sp³-hybridized carbons (Fsp3) is 0.944. The first-order valence-corrected chi connectivity index (χ1v) is 8.29. The van der Waals surface area contributed by atoms with Gasteiger partial charge >= 0.3 is 0 Å². The first-order chi connectivity index (χ1) is 9.01. The van der Waals surface area contributed by atoms with E-state index in [1.165, 1.54) is 25.7 Å². The fourth-order valence-electron chi connectivity index (χ4n) is 3.80. The highest BCUT2D eigenvalue weighted by atomic mass is 16.2. The van der Waals surface area contributed by atoms with Crippen molar-refractivity contribution in [3.05, 3.63) is 0 Å². The third-order valence-electron chi connectivity index (χ3n) is 5.44. The summed E-state index contributed by atoms with van der Waals surface area (Å²) in [6.07, 6.45) is 5.92. The van der Waals surface area contributed by atoms with E-state index in [0.717, 1.165) is 19.0 Å². The van der Waals surface area contributed by atoms with Crippen LogP contribution in [0.15, 0.2) is 0 Å². The molecule has 1 spiro atoms. The van der Waals surface area contributed by atoms with Crippen molar-refractivity contribution in [2.24, 2.45) is 22.2 Å². The van der Waals surface area contributed by atoms with Crippen LogP contribution < -0.4 is 0 Å². The monoisotopic (exact) mass is 279 g/mol. The minimum atomic E-state index is 0.111. The number of carbonyl (C=O) groups excluding carboxylic acids is 1. The van der Waals surface area contributed by atoms with E-state index in [1.54, 1.807) is 0 Å². The number of hydrogen-bond acceptors (Lipinski definition) is 1. The van der Waals surface area contributed by atoms with Crippen LogP contribution in [0.4, 0.5) is 0 Å². The number of likely N-dealkylation sites (tertiary alicyclic amines) is 1. The molecule has 2 nitrogen and oxygen atoms in total. The van der Waals surface area contributed by atoms with E-state index < -0.39 is 0 Å². The molecule has 0 aromatic heterocycles. The van der Waals surface area contributed by atoms with Gasteiger partial charge in [-0.25, -0.2) is 0 Å². The maximum Gasteiger partial charge on any atom is 0.223 e. The zero-order chi connectivity index (χ0) is 15.2. The van der Waals surface area contributed by atoms with E-state index in [2.05, 4.69) is 46.4 Å². The molecule has 0 aromatic carbocycles. The largest absolute Gasteiger partial charge is 0.343 e. The second-order valence-electron chi connectivity index (χ2n) is 9.59. The molecule has 0 N–H and O–H groups in total. The summed E-state index contributed by atoms with van der Waals surface area (Å²) in [6.45, 7) is 15.5. The second-order valence-corrected chi connectivity index (χ2v) is 9.59. The predicted octanol–water partition coefficient (Wildman–Crippen LogP) is 4.49. The number of piperidine rings is 1. The molecule has 0 aromatic rings. The van der Waals surface area contributed by atoms with Crippen molar-refractivity contribution in [2.45, 2.75) is 73.6 Å². The van der Waals surface area contributed by atoms with E-state index in [1.807, 2.05) is 0 Å². The van der Waals surface area contributed by atoms with Gasteiger partial charge < -0.3 is 4.90 Å². The summed E-state index contributed by atoms with van der Waals surface area (Å²) < 4.78 is 0. The Kier molecular flexibility index (Phi) is 3.99. The highest BCUT2D eigenvalue weighted by molar-refractivity contribution is 5.76. The van der Waals surface area contributed by atoms with E-state index >= 15 is 0 Å². The molecule has 0 bridgehead atoms. The summed E-state index contributed by atoms with van der Waals surface area (Å²) in [6, 6.07) is 0. The number of amides is 1. The molecule has 2 fully saturated rings. The summed E-state index contributed by atoms with van der Waals surface area (Å²) in [5.41, 5.74) is 1.15. The first-order valence-electron chi connectivity index (χ1n) is 8.29. The molecule has 116 valence electrons. The molecule has 0 unspecified atom stereocenters. The van der Waals surface area contributed by atoms with Crippen LogP contribution in [0.5, 0.6) is 0 Å². The second kappa shape index (κ2) is 5.03. The molecule has 2 heteroatoms. The third kappa shape index (κ3) is 3.56. The molecule has 1 amide bonds. The fourth-order valence-corrected chi connectivity index (χ4v) is 3.80. The molecule has 1 aliphatic heterocycles. The molecule has 20 heavy (non-hydrogen) atoms. The molecule has 0 radical (unpaired) electrons. The number of nitrogens with zero attached hydrogens (tertiary/aromatic N) is 1. The van der Waals surface area contributed by atoms with Crippen molar-refractivity contribution in [3.8, 4) is 0 Å². The van der Waals surface area contributed by atoms with Gasteiger partial charge in [0, 0.05) is 19.5 Å². The van der Waals surface area contributed by atoms with E-state index in [9.17, 15) is 4.79 Å². The zero-order valence-corrected chi connectivity index (χ0v) is 14.4. The van der Waals surface area contributed by atoms with E-state index in [0.29, 0.717) is 23.2 Å². The molecule has 1 aliphatic carbocycles.